The van der Waals surface area contributed by atoms with Crippen molar-refractivity contribution >= 4 is 28.7 Å². The quantitative estimate of drug-likeness (QED) is 0.310. The number of imidazole rings is 1. The monoisotopic (exact) mass is 443 g/mol. The Labute approximate surface area is 188 Å². The molecule has 166 valence electrons. The van der Waals surface area contributed by atoms with Crippen molar-refractivity contribution in [1.29, 1.82) is 0 Å². The van der Waals surface area contributed by atoms with Gasteiger partial charge in [0, 0.05) is 11.6 Å². The Kier molecular flexibility index (Phi) is 5.07. The van der Waals surface area contributed by atoms with Crippen molar-refractivity contribution in [3.63, 3.8) is 0 Å². The summed E-state index contributed by atoms with van der Waals surface area (Å²) >= 11 is 0. The third-order valence-electron chi connectivity index (χ3n) is 5.14. The van der Waals surface area contributed by atoms with E-state index in [2.05, 4.69) is 30.5 Å². The zero-order chi connectivity index (χ0) is 22.9. The number of methoxy groups -OCH3 is 1. The molecular weight excluding hydrogens is 422 g/mol. The van der Waals surface area contributed by atoms with E-state index < -0.39 is 0 Å². The second kappa shape index (κ2) is 8.20. The van der Waals surface area contributed by atoms with Crippen molar-refractivity contribution < 1.29 is 9.84 Å². The molecule has 0 amide bonds. The third kappa shape index (κ3) is 3.81. The van der Waals surface area contributed by atoms with Crippen LogP contribution in [-0.2, 0) is 6.61 Å². The molecule has 0 bridgehead atoms. The van der Waals surface area contributed by atoms with E-state index in [-0.39, 0.29) is 12.6 Å². The molecule has 0 aliphatic heterocycles. The molecule has 33 heavy (non-hydrogen) atoms. The number of nitrogens with two attached hydrogens (primary N) is 1. The van der Waals surface area contributed by atoms with Gasteiger partial charge in [-0.25, -0.2) is 9.55 Å². The Hall–Kier alpha value is -4.51. The summed E-state index contributed by atoms with van der Waals surface area (Å²) in [6.07, 6.45) is 1.64. The van der Waals surface area contributed by atoms with Crippen molar-refractivity contribution in [2.24, 2.45) is 0 Å². The maximum atomic E-state index is 9.72. The number of aryl methyl sites for hydroxylation is 1. The average Bonchev–Trinajstić information content (AvgIpc) is 3.45. The Balaban J connectivity index is 1.70. The number of aromatic nitrogens is 7. The fourth-order valence-electron chi connectivity index (χ4n) is 3.66. The van der Waals surface area contributed by atoms with Crippen molar-refractivity contribution in [3.05, 3.63) is 60.0 Å². The molecule has 11 heteroatoms. The number of aliphatic hydroxyl groups is 1. The van der Waals surface area contributed by atoms with Crippen molar-refractivity contribution in [1.82, 2.24) is 34.7 Å². The lowest BCUT2D eigenvalue weighted by atomic mass is 10.0. The first-order valence-corrected chi connectivity index (χ1v) is 10.1. The van der Waals surface area contributed by atoms with E-state index in [0.29, 0.717) is 34.9 Å². The molecule has 0 saturated heterocycles. The highest BCUT2D eigenvalue weighted by Gasteiger charge is 2.18. The molecule has 3 aromatic heterocycles. The molecule has 0 aliphatic carbocycles. The predicted molar refractivity (Wildman–Crippen MR) is 123 cm³/mol. The van der Waals surface area contributed by atoms with E-state index in [1.165, 1.54) is 0 Å². The number of nitrogens with one attached hydrogen (secondary N) is 2. The summed E-state index contributed by atoms with van der Waals surface area (Å²) in [4.78, 5) is 17.6. The van der Waals surface area contributed by atoms with Crippen LogP contribution >= 0.6 is 0 Å². The van der Waals surface area contributed by atoms with Crippen LogP contribution in [0.25, 0.3) is 28.1 Å². The van der Waals surface area contributed by atoms with Crippen LogP contribution in [-0.4, -0.2) is 46.9 Å². The van der Waals surface area contributed by atoms with Gasteiger partial charge in [0.1, 0.15) is 17.4 Å². The van der Waals surface area contributed by atoms with E-state index in [9.17, 15) is 5.11 Å². The summed E-state index contributed by atoms with van der Waals surface area (Å²) in [6, 6.07) is 13.3. The normalized spacial score (nSPS) is 11.1. The van der Waals surface area contributed by atoms with Crippen LogP contribution in [0, 0.1) is 6.92 Å². The van der Waals surface area contributed by atoms with E-state index in [0.717, 1.165) is 22.2 Å². The van der Waals surface area contributed by atoms with Gasteiger partial charge < -0.3 is 20.9 Å². The number of aliphatic hydroxyl groups excluding tert-OH is 1. The molecule has 5 aromatic rings. The van der Waals surface area contributed by atoms with E-state index >= 15 is 0 Å². The van der Waals surface area contributed by atoms with Crippen LogP contribution in [0.1, 0.15) is 11.4 Å². The zero-order valence-corrected chi connectivity index (χ0v) is 17.9. The fourth-order valence-corrected chi connectivity index (χ4v) is 3.66. The van der Waals surface area contributed by atoms with Crippen molar-refractivity contribution in [2.75, 3.05) is 18.2 Å². The summed E-state index contributed by atoms with van der Waals surface area (Å²) in [7, 11) is 1.58. The molecule has 5 rings (SSSR count). The number of H-pyrrole nitrogens is 1. The molecule has 3 heterocycles. The molecule has 0 unspecified atom stereocenters. The lowest BCUT2D eigenvalue weighted by Gasteiger charge is -2.11. The number of benzene rings is 2. The van der Waals surface area contributed by atoms with Gasteiger partial charge in [-0.2, -0.15) is 20.1 Å². The van der Waals surface area contributed by atoms with Gasteiger partial charge in [-0.15, -0.1) is 0 Å². The van der Waals surface area contributed by atoms with Crippen molar-refractivity contribution in [3.8, 4) is 22.8 Å². The Morgan fingerprint density at radius 1 is 1.06 bits per heavy atom. The van der Waals surface area contributed by atoms with Gasteiger partial charge in [-0.3, -0.25) is 5.10 Å². The number of rotatable bonds is 6. The average molecular weight is 443 g/mol. The van der Waals surface area contributed by atoms with E-state index in [4.69, 9.17) is 15.5 Å². The van der Waals surface area contributed by atoms with E-state index in [1.807, 2.05) is 36.4 Å². The standard InChI is InChI=1S/C22H21N9O2/c1-12-25-20(23)29-21(26-12)31-17-10-14(13-4-6-18(33-2)15(9-13)11-32)3-5-16(17)27-22(31)28-19-7-8-24-30-19/h3-10,32H,11H2,1-2H3,(H2,23,25,26,29)(H2,24,27,28,30). The molecule has 0 radical (unpaired) electrons. The number of aromatic amines is 1. The number of hydrogen-bond donors (Lipinski definition) is 4. The minimum Gasteiger partial charge on any atom is -0.496 e. The van der Waals surface area contributed by atoms with E-state index in [1.54, 1.807) is 30.9 Å². The highest BCUT2D eigenvalue weighted by molar-refractivity contribution is 5.86. The van der Waals surface area contributed by atoms with Gasteiger partial charge in [0.15, 0.2) is 0 Å². The zero-order valence-electron chi connectivity index (χ0n) is 17.9. The number of ether oxygens (including phenoxy) is 1. The molecule has 0 saturated carbocycles. The van der Waals surface area contributed by atoms with Gasteiger partial charge >= 0.3 is 0 Å². The summed E-state index contributed by atoms with van der Waals surface area (Å²) in [5.74, 6) is 2.73. The third-order valence-corrected chi connectivity index (χ3v) is 5.14. The van der Waals surface area contributed by atoms with Crippen LogP contribution in [0.5, 0.6) is 5.75 Å². The summed E-state index contributed by atoms with van der Waals surface area (Å²) in [5.41, 5.74) is 9.95. The van der Waals surface area contributed by atoms with Gasteiger partial charge in [0.2, 0.25) is 17.8 Å². The molecule has 0 spiro atoms. The smallest absolute Gasteiger partial charge is 0.242 e. The number of fused-ring (bicyclic) bond motifs is 1. The summed E-state index contributed by atoms with van der Waals surface area (Å²) in [6.45, 7) is 1.63. The van der Waals surface area contributed by atoms with Crippen LogP contribution in [0.15, 0.2) is 48.7 Å². The Morgan fingerprint density at radius 2 is 1.88 bits per heavy atom. The SMILES string of the molecule is COc1ccc(-c2ccc3nc(Nc4ccn[nH]4)n(-c4nc(C)nc(N)n4)c3c2)cc1CO. The van der Waals surface area contributed by atoms with Crippen LogP contribution in [0.2, 0.25) is 0 Å². The maximum absolute atomic E-state index is 9.72. The fraction of sp³-hybridized carbons (Fsp3) is 0.136. The highest BCUT2D eigenvalue weighted by atomic mass is 16.5. The molecule has 0 fully saturated rings. The lowest BCUT2D eigenvalue weighted by Crippen LogP contribution is -2.10. The topological polar surface area (TPSA) is 153 Å². The first-order valence-electron chi connectivity index (χ1n) is 10.1. The highest BCUT2D eigenvalue weighted by Crippen LogP contribution is 2.31. The first kappa shape index (κ1) is 20.4. The predicted octanol–water partition coefficient (Wildman–Crippen LogP) is 2.74. The molecule has 5 N–H and O–H groups in total. The van der Waals surface area contributed by atoms with Gasteiger partial charge in [0.25, 0.3) is 0 Å². The molecule has 0 aliphatic rings. The summed E-state index contributed by atoms with van der Waals surface area (Å²) in [5, 5.41) is 19.8. The minimum absolute atomic E-state index is 0.116. The minimum atomic E-state index is -0.126. The largest absolute Gasteiger partial charge is 0.496 e. The number of nitrogens with zero attached hydrogens (tertiary/aromatic N) is 6. The maximum Gasteiger partial charge on any atom is 0.242 e. The lowest BCUT2D eigenvalue weighted by molar-refractivity contribution is 0.274. The first-order chi connectivity index (χ1) is 16.1. The molecule has 0 atom stereocenters. The number of hydrogen-bond acceptors (Lipinski definition) is 9. The van der Waals surface area contributed by atoms with Crippen LogP contribution < -0.4 is 15.8 Å². The van der Waals surface area contributed by atoms with Crippen molar-refractivity contribution in [2.45, 2.75) is 13.5 Å². The second-order valence-corrected chi connectivity index (χ2v) is 7.30. The number of anilines is 3. The van der Waals surface area contributed by atoms with Gasteiger partial charge in [-0.05, 0) is 42.3 Å². The van der Waals surface area contributed by atoms with Crippen LogP contribution in [0.4, 0.5) is 17.7 Å². The van der Waals surface area contributed by atoms with Gasteiger partial charge in [0.05, 0.1) is 30.9 Å². The Morgan fingerprint density at radius 3 is 2.61 bits per heavy atom. The number of nitrogen functional groups attached to an aromatic ring is 1. The van der Waals surface area contributed by atoms with Crippen LogP contribution in [0.3, 0.4) is 0 Å². The van der Waals surface area contributed by atoms with Gasteiger partial charge in [-0.1, -0.05) is 12.1 Å². The molecular formula is C22H21N9O2. The molecule has 11 nitrogen and oxygen atoms in total. The molecule has 2 aromatic carbocycles. The second-order valence-electron chi connectivity index (χ2n) is 7.30. The summed E-state index contributed by atoms with van der Waals surface area (Å²) < 4.78 is 7.10. The Bertz CT molecular complexity index is 1420.